The fraction of sp³-hybridized carbons (Fsp3) is 0.500. The molecule has 0 aromatic heterocycles. The van der Waals surface area contributed by atoms with Gasteiger partial charge in [0.1, 0.15) is 0 Å². The van der Waals surface area contributed by atoms with Gasteiger partial charge in [0, 0.05) is 12.1 Å². The van der Waals surface area contributed by atoms with Gasteiger partial charge in [-0.1, -0.05) is 37.6 Å². The molecule has 1 N–H and O–H groups in total. The van der Waals surface area contributed by atoms with Crippen LogP contribution in [0.5, 0.6) is 0 Å². The number of nitrogens with one attached hydrogen (secondary N) is 1. The fourth-order valence-corrected chi connectivity index (χ4v) is 2.89. The molecule has 0 radical (unpaired) electrons. The molecule has 106 valence electrons. The first kappa shape index (κ1) is 15.9. The van der Waals surface area contributed by atoms with E-state index in [-0.39, 0.29) is 11.5 Å². The fourth-order valence-electron chi connectivity index (χ4n) is 1.66. The van der Waals surface area contributed by atoms with Gasteiger partial charge in [0.15, 0.2) is 5.78 Å². The van der Waals surface area contributed by atoms with Crippen LogP contribution in [-0.2, 0) is 16.4 Å². The van der Waals surface area contributed by atoms with Crippen LogP contribution < -0.4 is 4.72 Å². The maximum absolute atomic E-state index is 11.6. The van der Waals surface area contributed by atoms with Crippen molar-refractivity contribution in [2.75, 3.05) is 12.3 Å². The van der Waals surface area contributed by atoms with Gasteiger partial charge in [-0.3, -0.25) is 4.79 Å². The van der Waals surface area contributed by atoms with Crippen molar-refractivity contribution >= 4 is 15.8 Å². The summed E-state index contributed by atoms with van der Waals surface area (Å²) >= 11 is 0. The quantitative estimate of drug-likeness (QED) is 0.744. The van der Waals surface area contributed by atoms with Crippen molar-refractivity contribution in [3.05, 3.63) is 35.4 Å². The minimum atomic E-state index is -3.14. The Bertz CT molecular complexity index is 506. The lowest BCUT2D eigenvalue weighted by Gasteiger charge is -2.06. The van der Waals surface area contributed by atoms with Gasteiger partial charge in [-0.05, 0) is 25.3 Å². The summed E-state index contributed by atoms with van der Waals surface area (Å²) in [6, 6.07) is 7.25. The Kier molecular flexibility index (Phi) is 6.18. The number of hydrogen-bond donors (Lipinski definition) is 1. The molecule has 1 aromatic rings. The van der Waals surface area contributed by atoms with Gasteiger partial charge in [0.2, 0.25) is 10.0 Å². The summed E-state index contributed by atoms with van der Waals surface area (Å²) in [5, 5.41) is 0. The maximum atomic E-state index is 11.6. The molecule has 19 heavy (non-hydrogen) atoms. The van der Waals surface area contributed by atoms with Gasteiger partial charge in [-0.2, -0.15) is 0 Å². The van der Waals surface area contributed by atoms with E-state index in [0.29, 0.717) is 24.9 Å². The monoisotopic (exact) mass is 283 g/mol. The predicted octanol–water partition coefficient (Wildman–Crippen LogP) is 2.15. The van der Waals surface area contributed by atoms with Gasteiger partial charge in [-0.15, -0.1) is 0 Å². The zero-order valence-corrected chi connectivity index (χ0v) is 12.3. The maximum Gasteiger partial charge on any atom is 0.211 e. The van der Waals surface area contributed by atoms with Crippen molar-refractivity contribution in [2.45, 2.75) is 33.1 Å². The third-order valence-electron chi connectivity index (χ3n) is 2.86. The molecule has 1 rings (SSSR count). The Hall–Kier alpha value is -1.20. The van der Waals surface area contributed by atoms with Crippen molar-refractivity contribution in [2.24, 2.45) is 0 Å². The van der Waals surface area contributed by atoms with Crippen LogP contribution in [0.1, 0.15) is 42.6 Å². The second-order valence-electron chi connectivity index (χ2n) is 4.57. The van der Waals surface area contributed by atoms with Crippen LogP contribution >= 0.6 is 0 Å². The Morgan fingerprint density at radius 1 is 1.21 bits per heavy atom. The Labute approximate surface area is 115 Å². The summed E-state index contributed by atoms with van der Waals surface area (Å²) in [6.45, 7) is 3.88. The van der Waals surface area contributed by atoms with Crippen molar-refractivity contribution in [1.29, 1.82) is 0 Å². The normalized spacial score (nSPS) is 11.5. The summed E-state index contributed by atoms with van der Waals surface area (Å²) < 4.78 is 25.7. The van der Waals surface area contributed by atoms with Gasteiger partial charge in [-0.25, -0.2) is 13.1 Å². The number of rotatable bonds is 8. The first-order valence-electron chi connectivity index (χ1n) is 6.52. The van der Waals surface area contributed by atoms with E-state index >= 15 is 0 Å². The number of carbonyl (C=O) groups excluding carboxylic acids is 1. The predicted molar refractivity (Wildman–Crippen MR) is 76.8 cm³/mol. The third kappa shape index (κ3) is 5.98. The van der Waals surface area contributed by atoms with E-state index in [4.69, 9.17) is 0 Å². The Balaban J connectivity index is 2.43. The van der Waals surface area contributed by atoms with Gasteiger partial charge in [0.05, 0.1) is 5.75 Å². The van der Waals surface area contributed by atoms with Crippen molar-refractivity contribution < 1.29 is 13.2 Å². The molecule has 0 aliphatic carbocycles. The molecular weight excluding hydrogens is 262 g/mol. The SMILES string of the molecule is CCCCS(=O)(=O)NCCc1ccc(C(C)=O)cc1. The average Bonchev–Trinajstić information content (AvgIpc) is 2.37. The summed E-state index contributed by atoms with van der Waals surface area (Å²) in [6.07, 6.45) is 2.18. The lowest BCUT2D eigenvalue weighted by atomic mass is 10.1. The molecule has 0 heterocycles. The molecule has 1 aromatic carbocycles. The molecule has 0 fully saturated rings. The summed E-state index contributed by atoms with van der Waals surface area (Å²) in [4.78, 5) is 11.1. The van der Waals surface area contributed by atoms with E-state index in [1.165, 1.54) is 6.92 Å². The molecule has 4 nitrogen and oxygen atoms in total. The van der Waals surface area contributed by atoms with Gasteiger partial charge in [0.25, 0.3) is 0 Å². The zero-order chi connectivity index (χ0) is 14.3. The number of ketones is 1. The van der Waals surface area contributed by atoms with Crippen LogP contribution in [-0.4, -0.2) is 26.5 Å². The number of sulfonamides is 1. The number of benzene rings is 1. The van der Waals surface area contributed by atoms with E-state index in [2.05, 4.69) is 4.72 Å². The molecule has 0 aliphatic rings. The molecule has 0 spiro atoms. The standard InChI is InChI=1S/C14H21NO3S/c1-3-4-11-19(17,18)15-10-9-13-5-7-14(8-6-13)12(2)16/h5-8,15H,3-4,9-11H2,1-2H3. The third-order valence-corrected chi connectivity index (χ3v) is 4.33. The van der Waals surface area contributed by atoms with Crippen LogP contribution in [0.4, 0.5) is 0 Å². The van der Waals surface area contributed by atoms with Gasteiger partial charge < -0.3 is 0 Å². The zero-order valence-electron chi connectivity index (χ0n) is 11.5. The van der Waals surface area contributed by atoms with Crippen molar-refractivity contribution in [3.8, 4) is 0 Å². The number of Topliss-reactive ketones (excluding diaryl/α,β-unsaturated/α-hetero) is 1. The lowest BCUT2D eigenvalue weighted by Crippen LogP contribution is -2.28. The largest absolute Gasteiger partial charge is 0.295 e. The summed E-state index contributed by atoms with van der Waals surface area (Å²) in [7, 11) is -3.14. The van der Waals surface area contributed by atoms with Crippen molar-refractivity contribution in [3.63, 3.8) is 0 Å². The molecule has 0 unspecified atom stereocenters. The first-order chi connectivity index (χ1) is 8.94. The molecule has 0 saturated carbocycles. The highest BCUT2D eigenvalue weighted by molar-refractivity contribution is 7.89. The number of carbonyl (C=O) groups is 1. The summed E-state index contributed by atoms with van der Waals surface area (Å²) in [5.41, 5.74) is 1.69. The Morgan fingerprint density at radius 2 is 1.84 bits per heavy atom. The van der Waals surface area contributed by atoms with Crippen LogP contribution in [0.25, 0.3) is 0 Å². The smallest absolute Gasteiger partial charge is 0.211 e. The molecule has 0 saturated heterocycles. The highest BCUT2D eigenvalue weighted by Crippen LogP contribution is 2.05. The molecular formula is C14H21NO3S. The van der Waals surface area contributed by atoms with Crippen LogP contribution in [0, 0.1) is 0 Å². The minimum absolute atomic E-state index is 0.0341. The topological polar surface area (TPSA) is 63.2 Å². The van der Waals surface area contributed by atoms with E-state index in [1.54, 1.807) is 12.1 Å². The van der Waals surface area contributed by atoms with Crippen LogP contribution in [0.15, 0.2) is 24.3 Å². The molecule has 0 aliphatic heterocycles. The number of unbranched alkanes of at least 4 members (excludes halogenated alkanes) is 1. The second kappa shape index (κ2) is 7.40. The average molecular weight is 283 g/mol. The van der Waals surface area contributed by atoms with Crippen LogP contribution in [0.2, 0.25) is 0 Å². The van der Waals surface area contributed by atoms with Crippen LogP contribution in [0.3, 0.4) is 0 Å². The Morgan fingerprint density at radius 3 is 2.37 bits per heavy atom. The second-order valence-corrected chi connectivity index (χ2v) is 6.50. The van der Waals surface area contributed by atoms with Crippen molar-refractivity contribution in [1.82, 2.24) is 4.72 Å². The minimum Gasteiger partial charge on any atom is -0.295 e. The van der Waals surface area contributed by atoms with E-state index in [1.807, 2.05) is 19.1 Å². The van der Waals surface area contributed by atoms with E-state index in [9.17, 15) is 13.2 Å². The molecule has 0 bridgehead atoms. The number of hydrogen-bond acceptors (Lipinski definition) is 3. The highest BCUT2D eigenvalue weighted by Gasteiger charge is 2.08. The lowest BCUT2D eigenvalue weighted by molar-refractivity contribution is 0.101. The molecule has 5 heteroatoms. The molecule has 0 atom stereocenters. The summed E-state index contributed by atoms with van der Waals surface area (Å²) in [5.74, 6) is 0.221. The molecule has 0 amide bonds. The highest BCUT2D eigenvalue weighted by atomic mass is 32.2. The first-order valence-corrected chi connectivity index (χ1v) is 8.17. The van der Waals surface area contributed by atoms with E-state index in [0.717, 1.165) is 12.0 Å². The van der Waals surface area contributed by atoms with Gasteiger partial charge >= 0.3 is 0 Å². The van der Waals surface area contributed by atoms with E-state index < -0.39 is 10.0 Å².